The van der Waals surface area contributed by atoms with Crippen LogP contribution in [0.2, 0.25) is 0 Å². The molecule has 0 amide bonds. The van der Waals surface area contributed by atoms with E-state index in [2.05, 4.69) is 18.6 Å². The molecule has 0 radical (unpaired) electrons. The number of carbonyl (C=O) groups is 1. The van der Waals surface area contributed by atoms with Gasteiger partial charge in [0, 0.05) is 6.54 Å². The second kappa shape index (κ2) is 7.40. The highest BCUT2D eigenvalue weighted by Crippen LogP contribution is 2.13. The molecule has 0 fully saturated rings. The van der Waals surface area contributed by atoms with E-state index < -0.39 is 16.0 Å². The zero-order valence-electron chi connectivity index (χ0n) is 11.8. The summed E-state index contributed by atoms with van der Waals surface area (Å²) in [6, 6.07) is 6.71. The van der Waals surface area contributed by atoms with Crippen LogP contribution < -0.4 is 4.72 Å². The molecular weight excluding hydrogens is 278 g/mol. The topological polar surface area (TPSA) is 83.5 Å². The Kier molecular flexibility index (Phi) is 6.16. The number of hydrogen-bond acceptors (Lipinski definition) is 3. The van der Waals surface area contributed by atoms with Crippen LogP contribution >= 0.6 is 0 Å². The molecule has 1 aromatic carbocycles. The largest absolute Gasteiger partial charge is 0.481 e. The van der Waals surface area contributed by atoms with Gasteiger partial charge in [-0.05, 0) is 36.5 Å². The highest BCUT2D eigenvalue weighted by molar-refractivity contribution is 7.89. The van der Waals surface area contributed by atoms with Crippen LogP contribution in [0.5, 0.6) is 0 Å². The lowest BCUT2D eigenvalue weighted by Gasteiger charge is -2.08. The van der Waals surface area contributed by atoms with Crippen molar-refractivity contribution in [1.29, 1.82) is 0 Å². The van der Waals surface area contributed by atoms with Crippen LogP contribution in [0.15, 0.2) is 29.2 Å². The van der Waals surface area contributed by atoms with Crippen molar-refractivity contribution in [3.05, 3.63) is 29.8 Å². The number of carboxylic acid groups (broad SMARTS) is 1. The zero-order chi connectivity index (χ0) is 15.2. The van der Waals surface area contributed by atoms with Gasteiger partial charge < -0.3 is 5.11 Å². The van der Waals surface area contributed by atoms with Crippen LogP contribution in [-0.4, -0.2) is 26.0 Å². The molecule has 0 aromatic heterocycles. The van der Waals surface area contributed by atoms with Gasteiger partial charge in [-0.15, -0.1) is 0 Å². The molecule has 0 saturated carbocycles. The summed E-state index contributed by atoms with van der Waals surface area (Å²) in [4.78, 5) is 10.5. The molecule has 1 aromatic rings. The smallest absolute Gasteiger partial charge is 0.304 e. The summed E-state index contributed by atoms with van der Waals surface area (Å²) in [5, 5.41) is 8.49. The van der Waals surface area contributed by atoms with Crippen molar-refractivity contribution in [2.45, 2.75) is 38.0 Å². The van der Waals surface area contributed by atoms with Crippen molar-refractivity contribution >= 4 is 16.0 Å². The average molecular weight is 299 g/mol. The molecule has 0 aliphatic rings. The molecule has 0 unspecified atom stereocenters. The lowest BCUT2D eigenvalue weighted by atomic mass is 10.0. The van der Waals surface area contributed by atoms with E-state index in [4.69, 9.17) is 5.11 Å². The van der Waals surface area contributed by atoms with Gasteiger partial charge in [0.25, 0.3) is 0 Å². The fraction of sp³-hybridized carbons (Fsp3) is 0.500. The van der Waals surface area contributed by atoms with Crippen LogP contribution in [0.3, 0.4) is 0 Å². The molecule has 0 spiro atoms. The van der Waals surface area contributed by atoms with E-state index in [9.17, 15) is 13.2 Å². The molecule has 0 atom stereocenters. The van der Waals surface area contributed by atoms with Gasteiger partial charge in [0.05, 0.1) is 11.3 Å². The Balaban J connectivity index is 2.64. The number of nitrogens with one attached hydrogen (secondary N) is 1. The molecule has 0 saturated heterocycles. The van der Waals surface area contributed by atoms with Gasteiger partial charge >= 0.3 is 5.97 Å². The molecule has 0 aliphatic heterocycles. The first-order chi connectivity index (χ1) is 9.31. The lowest BCUT2D eigenvalue weighted by molar-refractivity contribution is -0.136. The van der Waals surface area contributed by atoms with Crippen LogP contribution in [0.25, 0.3) is 0 Å². The third kappa shape index (κ3) is 5.71. The van der Waals surface area contributed by atoms with Gasteiger partial charge in [0.2, 0.25) is 10.0 Å². The Morgan fingerprint density at radius 2 is 1.85 bits per heavy atom. The van der Waals surface area contributed by atoms with E-state index in [1.54, 1.807) is 24.3 Å². The van der Waals surface area contributed by atoms with E-state index in [1.807, 2.05) is 0 Å². The Morgan fingerprint density at radius 1 is 1.25 bits per heavy atom. The summed E-state index contributed by atoms with van der Waals surface area (Å²) >= 11 is 0. The van der Waals surface area contributed by atoms with Crippen molar-refractivity contribution in [3.63, 3.8) is 0 Å². The normalized spacial score (nSPS) is 11.8. The lowest BCUT2D eigenvalue weighted by Crippen LogP contribution is -2.26. The zero-order valence-corrected chi connectivity index (χ0v) is 12.6. The average Bonchev–Trinajstić information content (AvgIpc) is 2.36. The van der Waals surface area contributed by atoms with Crippen LogP contribution in [0.4, 0.5) is 0 Å². The maximum absolute atomic E-state index is 11.9. The summed E-state index contributed by atoms with van der Waals surface area (Å²) in [7, 11) is -3.62. The number of hydrogen-bond donors (Lipinski definition) is 2. The van der Waals surface area contributed by atoms with E-state index in [0.717, 1.165) is 18.4 Å². The summed E-state index contributed by atoms with van der Waals surface area (Å²) in [5.74, 6) is -0.423. The summed E-state index contributed by atoms with van der Waals surface area (Å²) in [6.45, 7) is 4.18. The van der Waals surface area contributed by atoms with Crippen LogP contribution in [-0.2, 0) is 21.2 Å². The van der Waals surface area contributed by atoms with Crippen molar-refractivity contribution < 1.29 is 18.3 Å². The number of rotatable bonds is 8. The van der Waals surface area contributed by atoms with E-state index in [-0.39, 0.29) is 17.9 Å². The number of aliphatic carboxylic acids is 1. The summed E-state index contributed by atoms with van der Waals surface area (Å²) < 4.78 is 26.0. The minimum atomic E-state index is -3.62. The van der Waals surface area contributed by atoms with Crippen LogP contribution in [0, 0.1) is 5.92 Å². The van der Waals surface area contributed by atoms with Crippen molar-refractivity contribution in [2.75, 3.05) is 6.54 Å². The van der Waals surface area contributed by atoms with Crippen molar-refractivity contribution in [3.8, 4) is 0 Å². The number of carboxylic acids is 1. The molecule has 112 valence electrons. The van der Waals surface area contributed by atoms with Gasteiger partial charge in [-0.1, -0.05) is 26.0 Å². The van der Waals surface area contributed by atoms with Crippen molar-refractivity contribution in [2.24, 2.45) is 5.92 Å². The van der Waals surface area contributed by atoms with Crippen molar-refractivity contribution in [1.82, 2.24) is 4.72 Å². The quantitative estimate of drug-likeness (QED) is 0.769. The monoisotopic (exact) mass is 299 g/mol. The van der Waals surface area contributed by atoms with Gasteiger partial charge in [0.1, 0.15) is 0 Å². The molecule has 20 heavy (non-hydrogen) atoms. The first-order valence-electron chi connectivity index (χ1n) is 6.61. The van der Waals surface area contributed by atoms with E-state index >= 15 is 0 Å². The molecule has 1 rings (SSSR count). The predicted octanol–water partition coefficient (Wildman–Crippen LogP) is 2.03. The maximum Gasteiger partial charge on any atom is 0.304 e. The number of aryl methyl sites for hydroxylation is 1. The standard InChI is InChI=1S/C14H21NO4S/c1-11(2)3-4-12-5-7-13(8-6-12)20(18,19)15-10-9-14(16)17/h5-8,11,15H,3-4,9-10H2,1-2H3,(H,16,17). The first kappa shape index (κ1) is 16.7. The van der Waals surface area contributed by atoms with Gasteiger partial charge in [0.15, 0.2) is 0 Å². The molecule has 6 heteroatoms. The third-order valence-corrected chi connectivity index (χ3v) is 4.35. The molecule has 0 bridgehead atoms. The van der Waals surface area contributed by atoms with Crippen LogP contribution in [0.1, 0.15) is 32.3 Å². The van der Waals surface area contributed by atoms with Gasteiger partial charge in [-0.2, -0.15) is 0 Å². The minimum Gasteiger partial charge on any atom is -0.481 e. The minimum absolute atomic E-state index is 0.104. The second-order valence-corrected chi connectivity index (χ2v) is 6.88. The highest BCUT2D eigenvalue weighted by atomic mass is 32.2. The molecule has 0 aliphatic carbocycles. The Hall–Kier alpha value is -1.40. The Morgan fingerprint density at radius 3 is 2.35 bits per heavy atom. The summed E-state index contributed by atoms with van der Waals surface area (Å²) in [6.07, 6.45) is 1.75. The predicted molar refractivity (Wildman–Crippen MR) is 77.0 cm³/mol. The molecular formula is C14H21NO4S. The van der Waals surface area contributed by atoms with Gasteiger partial charge in [-0.3, -0.25) is 4.79 Å². The third-order valence-electron chi connectivity index (χ3n) is 2.87. The maximum atomic E-state index is 11.9. The van der Waals surface area contributed by atoms with E-state index in [1.165, 1.54) is 0 Å². The summed E-state index contributed by atoms with van der Waals surface area (Å²) in [5.41, 5.74) is 1.10. The first-order valence-corrected chi connectivity index (χ1v) is 8.10. The van der Waals surface area contributed by atoms with Gasteiger partial charge in [-0.25, -0.2) is 13.1 Å². The SMILES string of the molecule is CC(C)CCc1ccc(S(=O)(=O)NCCC(=O)O)cc1. The van der Waals surface area contributed by atoms with E-state index in [0.29, 0.717) is 5.92 Å². The second-order valence-electron chi connectivity index (χ2n) is 5.12. The fourth-order valence-corrected chi connectivity index (χ4v) is 2.70. The molecule has 2 N–H and O–H groups in total. The number of benzene rings is 1. The Bertz CT molecular complexity index is 535. The number of sulfonamides is 1. The molecule has 0 heterocycles. The Labute approximate surface area is 120 Å². The highest BCUT2D eigenvalue weighted by Gasteiger charge is 2.13. The molecule has 5 nitrogen and oxygen atoms in total. The fourth-order valence-electron chi connectivity index (χ4n) is 1.67.